The van der Waals surface area contributed by atoms with Crippen molar-refractivity contribution in [2.45, 2.75) is 59.1 Å². The molecular weight excluding hydrogens is 338 g/mol. The van der Waals surface area contributed by atoms with E-state index < -0.39 is 6.10 Å². The third-order valence-electron chi connectivity index (χ3n) is 4.34. The maximum absolute atomic E-state index is 12.5. The minimum atomic E-state index is -0.513. The molecule has 27 heavy (non-hydrogen) atoms. The summed E-state index contributed by atoms with van der Waals surface area (Å²) in [6.45, 7) is 11.5. The molecule has 0 unspecified atom stereocenters. The first kappa shape index (κ1) is 20.8. The molecule has 0 aromatic heterocycles. The van der Waals surface area contributed by atoms with E-state index in [1.165, 1.54) is 5.56 Å². The number of carbonyl (C=O) groups excluding carboxylic acids is 1. The molecule has 4 nitrogen and oxygen atoms in total. The van der Waals surface area contributed by atoms with Crippen LogP contribution in [0.25, 0.3) is 0 Å². The van der Waals surface area contributed by atoms with Crippen molar-refractivity contribution in [1.29, 1.82) is 0 Å². The molecule has 0 aliphatic heterocycles. The molecule has 0 saturated heterocycles. The third-order valence-corrected chi connectivity index (χ3v) is 4.34. The minimum absolute atomic E-state index is 0.0933. The molecular formula is C23H31NO3. The molecule has 1 amide bonds. The number of amides is 1. The molecule has 2 aromatic rings. The second-order valence-electron chi connectivity index (χ2n) is 7.59. The van der Waals surface area contributed by atoms with Crippen molar-refractivity contribution < 1.29 is 14.3 Å². The van der Waals surface area contributed by atoms with Crippen LogP contribution in [0.15, 0.2) is 48.5 Å². The molecule has 146 valence electrons. The van der Waals surface area contributed by atoms with Crippen molar-refractivity contribution >= 4 is 5.91 Å². The summed E-state index contributed by atoms with van der Waals surface area (Å²) in [6.07, 6.45) is 0.0896. The molecule has 0 saturated carbocycles. The average Bonchev–Trinajstić information content (AvgIpc) is 2.64. The predicted octanol–water partition coefficient (Wildman–Crippen LogP) is 4.86. The fraction of sp³-hybridized carbons (Fsp3) is 0.435. The van der Waals surface area contributed by atoms with Gasteiger partial charge >= 0.3 is 0 Å². The van der Waals surface area contributed by atoms with E-state index in [-0.39, 0.29) is 11.3 Å². The van der Waals surface area contributed by atoms with Gasteiger partial charge in [-0.05, 0) is 54.2 Å². The van der Waals surface area contributed by atoms with Crippen molar-refractivity contribution in [3.63, 3.8) is 0 Å². The van der Waals surface area contributed by atoms with Crippen molar-refractivity contribution in [3.05, 3.63) is 59.7 Å². The lowest BCUT2D eigenvalue weighted by atomic mass is 9.87. The summed E-state index contributed by atoms with van der Waals surface area (Å²) in [5.74, 6) is 1.41. The Labute approximate surface area is 162 Å². The Morgan fingerprint density at radius 3 is 2.33 bits per heavy atom. The standard InChI is InChI=1S/C23H31NO3/c1-6-21(27-19-13-11-18(12-14-19)23(3,4)5)22(25)24-16-17-9-8-10-20(15-17)26-7-2/h8-15,21H,6-7,16H2,1-5H3,(H,24,25)/t21-/m0/s1. The Hall–Kier alpha value is -2.49. The molecule has 4 heteroatoms. The van der Waals surface area contributed by atoms with E-state index in [9.17, 15) is 4.79 Å². The minimum Gasteiger partial charge on any atom is -0.494 e. The SMILES string of the molecule is CCOc1cccc(CNC(=O)[C@H](CC)Oc2ccc(C(C)(C)C)cc2)c1. The fourth-order valence-electron chi connectivity index (χ4n) is 2.73. The molecule has 2 aromatic carbocycles. The van der Waals surface area contributed by atoms with E-state index in [1.54, 1.807) is 0 Å². The first-order valence-corrected chi connectivity index (χ1v) is 9.60. The summed E-state index contributed by atoms with van der Waals surface area (Å²) in [4.78, 5) is 12.5. The molecule has 1 N–H and O–H groups in total. The topological polar surface area (TPSA) is 47.6 Å². The highest BCUT2D eigenvalue weighted by atomic mass is 16.5. The summed E-state index contributed by atoms with van der Waals surface area (Å²) in [5, 5.41) is 2.96. The maximum atomic E-state index is 12.5. The Bertz CT molecular complexity index is 732. The van der Waals surface area contributed by atoms with Crippen molar-refractivity contribution in [2.75, 3.05) is 6.61 Å². The lowest BCUT2D eigenvalue weighted by Gasteiger charge is -2.21. The van der Waals surface area contributed by atoms with Gasteiger partial charge in [-0.1, -0.05) is 52.0 Å². The Morgan fingerprint density at radius 1 is 1.04 bits per heavy atom. The quantitative estimate of drug-likeness (QED) is 0.723. The largest absolute Gasteiger partial charge is 0.494 e. The zero-order valence-corrected chi connectivity index (χ0v) is 17.0. The molecule has 0 heterocycles. The first-order chi connectivity index (χ1) is 12.8. The van der Waals surface area contributed by atoms with Crippen LogP contribution in [0.2, 0.25) is 0 Å². The third kappa shape index (κ3) is 6.31. The maximum Gasteiger partial charge on any atom is 0.261 e. The average molecular weight is 370 g/mol. The van der Waals surface area contributed by atoms with Crippen LogP contribution in [0.5, 0.6) is 11.5 Å². The normalized spacial score (nSPS) is 12.3. The lowest BCUT2D eigenvalue weighted by molar-refractivity contribution is -0.128. The van der Waals surface area contributed by atoms with E-state index in [2.05, 4.69) is 38.2 Å². The van der Waals surface area contributed by atoms with Gasteiger partial charge in [-0.15, -0.1) is 0 Å². The Balaban J connectivity index is 1.94. The van der Waals surface area contributed by atoms with E-state index in [1.807, 2.05) is 50.2 Å². The monoisotopic (exact) mass is 369 g/mol. The number of rotatable bonds is 8. The second kappa shape index (κ2) is 9.45. The molecule has 1 atom stereocenters. The van der Waals surface area contributed by atoms with Crippen LogP contribution < -0.4 is 14.8 Å². The zero-order valence-electron chi connectivity index (χ0n) is 17.0. The van der Waals surface area contributed by atoms with Crippen molar-refractivity contribution in [3.8, 4) is 11.5 Å². The summed E-state index contributed by atoms with van der Waals surface area (Å²) in [6, 6.07) is 15.7. The number of nitrogens with one attached hydrogen (secondary N) is 1. The Kier molecular flexibility index (Phi) is 7.28. The van der Waals surface area contributed by atoms with Crippen molar-refractivity contribution in [2.24, 2.45) is 0 Å². The van der Waals surface area contributed by atoms with Gasteiger partial charge in [0.2, 0.25) is 0 Å². The van der Waals surface area contributed by atoms with E-state index in [0.717, 1.165) is 11.3 Å². The van der Waals surface area contributed by atoms with Crippen LogP contribution in [0, 0.1) is 0 Å². The van der Waals surface area contributed by atoms with Gasteiger partial charge in [0.15, 0.2) is 6.10 Å². The summed E-state index contributed by atoms with van der Waals surface area (Å²) >= 11 is 0. The molecule has 0 bridgehead atoms. The summed E-state index contributed by atoms with van der Waals surface area (Å²) in [7, 11) is 0. The number of hydrogen-bond donors (Lipinski definition) is 1. The lowest BCUT2D eigenvalue weighted by Crippen LogP contribution is -2.37. The number of hydrogen-bond acceptors (Lipinski definition) is 3. The number of benzene rings is 2. The summed E-state index contributed by atoms with van der Waals surface area (Å²) in [5.41, 5.74) is 2.33. The highest BCUT2D eigenvalue weighted by Crippen LogP contribution is 2.25. The van der Waals surface area contributed by atoms with E-state index >= 15 is 0 Å². The predicted molar refractivity (Wildman–Crippen MR) is 109 cm³/mol. The molecule has 0 fully saturated rings. The smallest absolute Gasteiger partial charge is 0.261 e. The van der Waals surface area contributed by atoms with Gasteiger partial charge in [0.1, 0.15) is 11.5 Å². The summed E-state index contributed by atoms with van der Waals surface area (Å²) < 4.78 is 11.4. The molecule has 2 rings (SSSR count). The van der Waals surface area contributed by atoms with Gasteiger partial charge in [0.05, 0.1) is 6.61 Å². The highest BCUT2D eigenvalue weighted by molar-refractivity contribution is 5.81. The van der Waals surface area contributed by atoms with Crippen LogP contribution in [0.3, 0.4) is 0 Å². The van der Waals surface area contributed by atoms with E-state index in [4.69, 9.17) is 9.47 Å². The van der Waals surface area contributed by atoms with Crippen LogP contribution in [-0.4, -0.2) is 18.6 Å². The fourth-order valence-corrected chi connectivity index (χ4v) is 2.73. The van der Waals surface area contributed by atoms with Gasteiger partial charge in [-0.2, -0.15) is 0 Å². The molecule has 0 aliphatic rings. The van der Waals surface area contributed by atoms with Crippen LogP contribution >= 0.6 is 0 Å². The van der Waals surface area contributed by atoms with Crippen LogP contribution in [0.1, 0.15) is 52.2 Å². The van der Waals surface area contributed by atoms with Gasteiger partial charge < -0.3 is 14.8 Å². The van der Waals surface area contributed by atoms with Crippen molar-refractivity contribution in [1.82, 2.24) is 5.32 Å². The number of carbonyl (C=O) groups is 1. The van der Waals surface area contributed by atoms with Crippen LogP contribution in [0.4, 0.5) is 0 Å². The molecule has 0 aliphatic carbocycles. The second-order valence-corrected chi connectivity index (χ2v) is 7.59. The van der Waals surface area contributed by atoms with Gasteiger partial charge in [0, 0.05) is 6.54 Å². The van der Waals surface area contributed by atoms with Gasteiger partial charge in [-0.3, -0.25) is 4.79 Å². The highest BCUT2D eigenvalue weighted by Gasteiger charge is 2.19. The van der Waals surface area contributed by atoms with Gasteiger partial charge in [-0.25, -0.2) is 0 Å². The molecule has 0 radical (unpaired) electrons. The van der Waals surface area contributed by atoms with Gasteiger partial charge in [0.25, 0.3) is 5.91 Å². The van der Waals surface area contributed by atoms with Crippen LogP contribution in [-0.2, 0) is 16.8 Å². The Morgan fingerprint density at radius 2 is 1.74 bits per heavy atom. The van der Waals surface area contributed by atoms with E-state index in [0.29, 0.717) is 25.3 Å². The first-order valence-electron chi connectivity index (χ1n) is 9.60. The molecule has 0 spiro atoms. The zero-order chi connectivity index (χ0) is 19.9. The number of ether oxygens (including phenoxy) is 2.